The molecule has 0 saturated carbocycles. The van der Waals surface area contributed by atoms with Crippen molar-refractivity contribution in [2.75, 3.05) is 0 Å². The Hall–Kier alpha value is -0.730. The first-order valence-corrected chi connectivity index (χ1v) is 6.38. The van der Waals surface area contributed by atoms with Gasteiger partial charge in [0.05, 0.1) is 5.41 Å². The Kier molecular flexibility index (Phi) is 4.84. The Morgan fingerprint density at radius 2 is 1.88 bits per heavy atom. The SMILES string of the molecule is CCC(CC)(Cc1cc(Cl)ccc1Cl)C(=O)O. The molecule has 0 spiro atoms. The lowest BCUT2D eigenvalue weighted by Gasteiger charge is -2.27. The number of hydrogen-bond donors (Lipinski definition) is 1. The average Bonchev–Trinajstić information content (AvgIpc) is 2.30. The molecule has 1 aromatic rings. The van der Waals surface area contributed by atoms with E-state index in [9.17, 15) is 9.90 Å². The fraction of sp³-hybridized carbons (Fsp3) is 0.462. The summed E-state index contributed by atoms with van der Waals surface area (Å²) in [7, 11) is 0. The molecule has 94 valence electrons. The van der Waals surface area contributed by atoms with Gasteiger partial charge < -0.3 is 5.11 Å². The first kappa shape index (κ1) is 14.3. The predicted molar refractivity (Wildman–Crippen MR) is 70.8 cm³/mol. The molecule has 1 aromatic carbocycles. The molecular weight excluding hydrogens is 259 g/mol. The van der Waals surface area contributed by atoms with E-state index in [2.05, 4.69) is 0 Å². The number of rotatable bonds is 5. The van der Waals surface area contributed by atoms with Crippen molar-refractivity contribution in [1.82, 2.24) is 0 Å². The van der Waals surface area contributed by atoms with E-state index in [1.54, 1.807) is 18.2 Å². The van der Waals surface area contributed by atoms with E-state index in [1.165, 1.54) is 0 Å². The van der Waals surface area contributed by atoms with Crippen molar-refractivity contribution in [3.63, 3.8) is 0 Å². The van der Waals surface area contributed by atoms with E-state index in [1.807, 2.05) is 13.8 Å². The number of benzene rings is 1. The fourth-order valence-corrected chi connectivity index (χ4v) is 2.30. The van der Waals surface area contributed by atoms with Crippen LogP contribution in [0.1, 0.15) is 32.3 Å². The van der Waals surface area contributed by atoms with E-state index in [0.717, 1.165) is 5.56 Å². The predicted octanol–water partition coefficient (Wildman–Crippen LogP) is 4.43. The van der Waals surface area contributed by atoms with Crippen molar-refractivity contribution in [3.8, 4) is 0 Å². The molecule has 2 nitrogen and oxygen atoms in total. The Bertz CT molecular complexity index is 412. The third-order valence-electron chi connectivity index (χ3n) is 3.34. The molecule has 0 atom stereocenters. The highest BCUT2D eigenvalue weighted by atomic mass is 35.5. The Morgan fingerprint density at radius 1 is 1.29 bits per heavy atom. The summed E-state index contributed by atoms with van der Waals surface area (Å²) in [6, 6.07) is 5.15. The van der Waals surface area contributed by atoms with Crippen LogP contribution in [-0.2, 0) is 11.2 Å². The molecule has 0 aromatic heterocycles. The summed E-state index contributed by atoms with van der Waals surface area (Å²) in [5.41, 5.74) is 0.0409. The van der Waals surface area contributed by atoms with Crippen LogP contribution >= 0.6 is 23.2 Å². The zero-order valence-corrected chi connectivity index (χ0v) is 11.5. The van der Waals surface area contributed by atoms with Gasteiger partial charge in [-0.1, -0.05) is 37.0 Å². The van der Waals surface area contributed by atoms with Gasteiger partial charge in [0.2, 0.25) is 0 Å². The smallest absolute Gasteiger partial charge is 0.309 e. The van der Waals surface area contributed by atoms with Crippen LogP contribution in [0, 0.1) is 5.41 Å². The van der Waals surface area contributed by atoms with Crippen molar-refractivity contribution in [2.45, 2.75) is 33.1 Å². The normalized spacial score (nSPS) is 11.5. The van der Waals surface area contributed by atoms with Crippen LogP contribution in [0.4, 0.5) is 0 Å². The molecule has 1 rings (SSSR count). The third-order valence-corrected chi connectivity index (χ3v) is 3.95. The highest BCUT2D eigenvalue weighted by Crippen LogP contribution is 2.34. The quantitative estimate of drug-likeness (QED) is 0.863. The van der Waals surface area contributed by atoms with E-state index in [-0.39, 0.29) is 0 Å². The second-order valence-electron chi connectivity index (χ2n) is 4.21. The standard InChI is InChI=1S/C13H16Cl2O2/c1-3-13(4-2,12(16)17)8-9-7-10(14)5-6-11(9)15/h5-7H,3-4,8H2,1-2H3,(H,16,17). The lowest BCUT2D eigenvalue weighted by atomic mass is 9.77. The topological polar surface area (TPSA) is 37.3 Å². The number of carboxylic acids is 1. The second-order valence-corrected chi connectivity index (χ2v) is 5.05. The van der Waals surface area contributed by atoms with Crippen LogP contribution in [0.2, 0.25) is 10.0 Å². The fourth-order valence-electron chi connectivity index (χ4n) is 1.92. The third kappa shape index (κ3) is 3.14. The van der Waals surface area contributed by atoms with Crippen molar-refractivity contribution in [3.05, 3.63) is 33.8 Å². The van der Waals surface area contributed by atoms with Gasteiger partial charge in [0.15, 0.2) is 0 Å². The highest BCUT2D eigenvalue weighted by Gasteiger charge is 2.35. The lowest BCUT2D eigenvalue weighted by Crippen LogP contribution is -2.32. The molecule has 0 saturated heterocycles. The minimum atomic E-state index is -0.779. The Labute approximate surface area is 112 Å². The number of carboxylic acid groups (broad SMARTS) is 1. The van der Waals surface area contributed by atoms with Gasteiger partial charge >= 0.3 is 5.97 Å². The summed E-state index contributed by atoms with van der Waals surface area (Å²) in [6.45, 7) is 3.77. The molecule has 0 fully saturated rings. The van der Waals surface area contributed by atoms with Crippen LogP contribution < -0.4 is 0 Å². The number of aliphatic carboxylic acids is 1. The molecule has 0 aliphatic carbocycles. The number of carbonyl (C=O) groups is 1. The summed E-state index contributed by atoms with van der Waals surface area (Å²) < 4.78 is 0. The first-order valence-electron chi connectivity index (χ1n) is 5.62. The van der Waals surface area contributed by atoms with Crippen molar-refractivity contribution < 1.29 is 9.90 Å². The second kappa shape index (κ2) is 5.74. The molecule has 0 aliphatic rings. The lowest BCUT2D eigenvalue weighted by molar-refractivity contribution is -0.149. The molecule has 0 amide bonds. The highest BCUT2D eigenvalue weighted by molar-refractivity contribution is 6.33. The monoisotopic (exact) mass is 274 g/mol. The molecule has 0 radical (unpaired) electrons. The molecule has 4 heteroatoms. The van der Waals surface area contributed by atoms with Gasteiger partial charge in [-0.25, -0.2) is 0 Å². The van der Waals surface area contributed by atoms with E-state index in [4.69, 9.17) is 23.2 Å². The van der Waals surface area contributed by atoms with Gasteiger partial charge in [0.1, 0.15) is 0 Å². The summed E-state index contributed by atoms with van der Waals surface area (Å²) in [4.78, 5) is 11.4. The van der Waals surface area contributed by atoms with Crippen LogP contribution in [0.3, 0.4) is 0 Å². The van der Waals surface area contributed by atoms with Crippen LogP contribution in [0.5, 0.6) is 0 Å². The zero-order chi connectivity index (χ0) is 13.1. The van der Waals surface area contributed by atoms with Crippen LogP contribution in [0.15, 0.2) is 18.2 Å². The molecule has 0 heterocycles. The maximum absolute atomic E-state index is 11.4. The summed E-state index contributed by atoms with van der Waals surface area (Å²) in [5, 5.41) is 10.5. The minimum Gasteiger partial charge on any atom is -0.481 e. The summed E-state index contributed by atoms with van der Waals surface area (Å²) in [6.07, 6.45) is 1.55. The summed E-state index contributed by atoms with van der Waals surface area (Å²) in [5.74, 6) is -0.779. The largest absolute Gasteiger partial charge is 0.481 e. The van der Waals surface area contributed by atoms with Gasteiger partial charge in [-0.3, -0.25) is 4.79 Å². The van der Waals surface area contributed by atoms with Gasteiger partial charge in [-0.05, 0) is 43.0 Å². The van der Waals surface area contributed by atoms with Gasteiger partial charge in [0.25, 0.3) is 0 Å². The average molecular weight is 275 g/mol. The summed E-state index contributed by atoms with van der Waals surface area (Å²) >= 11 is 12.0. The zero-order valence-electron chi connectivity index (χ0n) is 9.96. The van der Waals surface area contributed by atoms with E-state index < -0.39 is 11.4 Å². The van der Waals surface area contributed by atoms with E-state index in [0.29, 0.717) is 29.3 Å². The van der Waals surface area contributed by atoms with Crippen LogP contribution in [0.25, 0.3) is 0 Å². The van der Waals surface area contributed by atoms with Gasteiger partial charge in [-0.2, -0.15) is 0 Å². The van der Waals surface area contributed by atoms with Crippen molar-refractivity contribution in [2.24, 2.45) is 5.41 Å². The van der Waals surface area contributed by atoms with Crippen molar-refractivity contribution >= 4 is 29.2 Å². The Morgan fingerprint density at radius 3 is 2.35 bits per heavy atom. The maximum Gasteiger partial charge on any atom is 0.309 e. The number of halogens is 2. The minimum absolute atomic E-state index is 0.411. The van der Waals surface area contributed by atoms with Crippen LogP contribution in [-0.4, -0.2) is 11.1 Å². The molecule has 0 bridgehead atoms. The molecule has 17 heavy (non-hydrogen) atoms. The molecular formula is C13H16Cl2O2. The van der Waals surface area contributed by atoms with Crippen molar-refractivity contribution in [1.29, 1.82) is 0 Å². The molecule has 0 unspecified atom stereocenters. The maximum atomic E-state index is 11.4. The Balaban J connectivity index is 3.09. The van der Waals surface area contributed by atoms with E-state index >= 15 is 0 Å². The molecule has 0 aliphatic heterocycles. The van der Waals surface area contributed by atoms with Gasteiger partial charge in [0, 0.05) is 10.0 Å². The molecule has 1 N–H and O–H groups in total. The number of hydrogen-bond acceptors (Lipinski definition) is 1. The van der Waals surface area contributed by atoms with Gasteiger partial charge in [-0.15, -0.1) is 0 Å². The first-order chi connectivity index (χ1) is 7.95.